The summed E-state index contributed by atoms with van der Waals surface area (Å²) < 4.78 is 0. The molecule has 1 aromatic heterocycles. The van der Waals surface area contributed by atoms with Crippen molar-refractivity contribution >= 4 is 23.1 Å². The second kappa shape index (κ2) is 6.08. The van der Waals surface area contributed by atoms with Gasteiger partial charge in [-0.25, -0.2) is 0 Å². The Morgan fingerprint density at radius 1 is 1.38 bits per heavy atom. The van der Waals surface area contributed by atoms with Crippen LogP contribution in [0.3, 0.4) is 0 Å². The average molecular weight is 255 g/mol. The maximum absolute atomic E-state index is 3.71. The third kappa shape index (κ3) is 3.25. The minimum absolute atomic E-state index is 0.714. The lowest BCUT2D eigenvalue weighted by atomic mass is 10.1. The molecule has 0 bridgehead atoms. The molecular formula is C13H21NS2. The van der Waals surface area contributed by atoms with Crippen molar-refractivity contribution in [3.05, 3.63) is 21.9 Å². The number of hydrogen-bond donors (Lipinski definition) is 1. The summed E-state index contributed by atoms with van der Waals surface area (Å²) in [6, 6.07) is 5.25. The Morgan fingerprint density at radius 3 is 2.88 bits per heavy atom. The third-order valence-corrected chi connectivity index (χ3v) is 5.82. The lowest BCUT2D eigenvalue weighted by Crippen LogP contribution is -2.38. The first-order chi connectivity index (χ1) is 7.79. The van der Waals surface area contributed by atoms with Gasteiger partial charge in [0.2, 0.25) is 0 Å². The van der Waals surface area contributed by atoms with Crippen LogP contribution in [0.5, 0.6) is 0 Å². The first kappa shape index (κ1) is 12.5. The van der Waals surface area contributed by atoms with Crippen molar-refractivity contribution in [1.82, 2.24) is 5.32 Å². The van der Waals surface area contributed by atoms with Gasteiger partial charge < -0.3 is 5.32 Å². The van der Waals surface area contributed by atoms with Crippen molar-refractivity contribution in [3.8, 4) is 0 Å². The predicted octanol–water partition coefficient (Wildman–Crippen LogP) is 3.68. The van der Waals surface area contributed by atoms with Crippen LogP contribution in [0.1, 0.15) is 36.4 Å². The summed E-state index contributed by atoms with van der Waals surface area (Å²) in [5, 5.41) is 4.49. The molecule has 1 aliphatic heterocycles. The third-order valence-electron chi connectivity index (χ3n) is 3.21. The largest absolute Gasteiger partial charge is 0.308 e. The molecule has 2 atom stereocenters. The number of thioether (sulfide) groups is 1. The Bertz CT molecular complexity index is 321. The van der Waals surface area contributed by atoms with E-state index in [4.69, 9.17) is 0 Å². The first-order valence-corrected chi connectivity index (χ1v) is 8.08. The summed E-state index contributed by atoms with van der Waals surface area (Å²) in [6.45, 7) is 5.64. The smallest absolute Gasteiger partial charge is 0.0302 e. The van der Waals surface area contributed by atoms with E-state index in [2.05, 4.69) is 43.1 Å². The fourth-order valence-corrected chi connectivity index (χ4v) is 4.21. The monoisotopic (exact) mass is 255 g/mol. The molecule has 0 saturated carbocycles. The molecule has 1 saturated heterocycles. The maximum atomic E-state index is 3.71. The van der Waals surface area contributed by atoms with E-state index in [1.54, 1.807) is 0 Å². The molecule has 1 nitrogen and oxygen atoms in total. The van der Waals surface area contributed by atoms with Crippen LogP contribution >= 0.6 is 23.1 Å². The first-order valence-electron chi connectivity index (χ1n) is 6.22. The minimum atomic E-state index is 0.714. The lowest BCUT2D eigenvalue weighted by Gasteiger charge is -2.29. The van der Waals surface area contributed by atoms with Gasteiger partial charge in [0.25, 0.3) is 0 Å². The summed E-state index contributed by atoms with van der Waals surface area (Å²) in [5.74, 6) is 1.35. The van der Waals surface area contributed by atoms with Crippen LogP contribution in [0.25, 0.3) is 0 Å². The number of hydrogen-bond acceptors (Lipinski definition) is 3. The number of thiophene rings is 1. The van der Waals surface area contributed by atoms with Crippen LogP contribution in [0.2, 0.25) is 0 Å². The summed E-state index contributed by atoms with van der Waals surface area (Å²) >= 11 is 4.07. The van der Waals surface area contributed by atoms with E-state index >= 15 is 0 Å². The molecule has 2 unspecified atom stereocenters. The van der Waals surface area contributed by atoms with Crippen LogP contribution in [0.4, 0.5) is 0 Å². The zero-order valence-corrected chi connectivity index (χ0v) is 11.8. The summed E-state index contributed by atoms with van der Waals surface area (Å²) in [7, 11) is 0. The highest BCUT2D eigenvalue weighted by Gasteiger charge is 2.20. The molecule has 90 valence electrons. The highest BCUT2D eigenvalue weighted by molar-refractivity contribution is 7.99. The summed E-state index contributed by atoms with van der Waals surface area (Å²) in [5.41, 5.74) is 0. The Balaban J connectivity index is 1.81. The van der Waals surface area contributed by atoms with E-state index in [0.29, 0.717) is 6.04 Å². The standard InChI is InChI=1S/C13H21NS2/c1-3-11-6-7-12(16-11)9-14-13-5-4-8-15-10(13)2/h6-7,10,13-14H,3-5,8-9H2,1-2H3. The number of rotatable bonds is 4. The van der Waals surface area contributed by atoms with Crippen molar-refractivity contribution in [2.45, 2.75) is 50.9 Å². The Kier molecular flexibility index (Phi) is 4.74. The number of nitrogens with one attached hydrogen (secondary N) is 1. The highest BCUT2D eigenvalue weighted by Crippen LogP contribution is 2.25. The van der Waals surface area contributed by atoms with E-state index in [0.717, 1.165) is 11.8 Å². The lowest BCUT2D eigenvalue weighted by molar-refractivity contribution is 0.464. The van der Waals surface area contributed by atoms with Crippen LogP contribution < -0.4 is 5.32 Å². The molecular weight excluding hydrogens is 234 g/mol. The molecule has 0 aromatic carbocycles. The van der Waals surface area contributed by atoms with E-state index in [1.807, 2.05) is 11.3 Å². The molecule has 1 fully saturated rings. The Labute approximate surface area is 107 Å². The van der Waals surface area contributed by atoms with Gasteiger partial charge in [0.15, 0.2) is 0 Å². The molecule has 3 heteroatoms. The van der Waals surface area contributed by atoms with Crippen molar-refractivity contribution < 1.29 is 0 Å². The zero-order valence-electron chi connectivity index (χ0n) is 10.2. The average Bonchev–Trinajstić information content (AvgIpc) is 2.76. The minimum Gasteiger partial charge on any atom is -0.308 e. The molecule has 16 heavy (non-hydrogen) atoms. The topological polar surface area (TPSA) is 12.0 Å². The molecule has 0 aliphatic carbocycles. The van der Waals surface area contributed by atoms with Gasteiger partial charge in [-0.05, 0) is 37.1 Å². The highest BCUT2D eigenvalue weighted by atomic mass is 32.2. The second-order valence-corrected chi connectivity index (χ2v) is 7.17. The van der Waals surface area contributed by atoms with Crippen LogP contribution in [0, 0.1) is 0 Å². The molecule has 1 aromatic rings. The van der Waals surface area contributed by atoms with E-state index in [-0.39, 0.29) is 0 Å². The van der Waals surface area contributed by atoms with E-state index in [9.17, 15) is 0 Å². The van der Waals surface area contributed by atoms with Crippen LogP contribution in [-0.2, 0) is 13.0 Å². The second-order valence-electron chi connectivity index (χ2n) is 4.43. The predicted molar refractivity (Wildman–Crippen MR) is 75.5 cm³/mol. The van der Waals surface area contributed by atoms with Gasteiger partial charge >= 0.3 is 0 Å². The quantitative estimate of drug-likeness (QED) is 0.881. The van der Waals surface area contributed by atoms with E-state index in [1.165, 1.54) is 34.8 Å². The Hall–Kier alpha value is 0.01000. The molecule has 0 amide bonds. The van der Waals surface area contributed by atoms with Gasteiger partial charge in [-0.3, -0.25) is 0 Å². The van der Waals surface area contributed by atoms with Gasteiger partial charge in [0.1, 0.15) is 0 Å². The summed E-state index contributed by atoms with van der Waals surface area (Å²) in [4.78, 5) is 2.99. The van der Waals surface area contributed by atoms with Crippen molar-refractivity contribution in [1.29, 1.82) is 0 Å². The van der Waals surface area contributed by atoms with Gasteiger partial charge in [0.05, 0.1) is 0 Å². The molecule has 2 rings (SSSR count). The number of aryl methyl sites for hydroxylation is 1. The van der Waals surface area contributed by atoms with Gasteiger partial charge in [-0.1, -0.05) is 13.8 Å². The Morgan fingerprint density at radius 2 is 2.19 bits per heavy atom. The van der Waals surface area contributed by atoms with Gasteiger partial charge in [-0.2, -0.15) is 11.8 Å². The molecule has 1 aliphatic rings. The van der Waals surface area contributed by atoms with Gasteiger partial charge in [-0.15, -0.1) is 11.3 Å². The van der Waals surface area contributed by atoms with Crippen molar-refractivity contribution in [3.63, 3.8) is 0 Å². The SMILES string of the molecule is CCc1ccc(CNC2CCCSC2C)s1. The molecule has 2 heterocycles. The van der Waals surface area contributed by atoms with Crippen molar-refractivity contribution in [2.75, 3.05) is 5.75 Å². The molecule has 0 spiro atoms. The molecule has 0 radical (unpaired) electrons. The fraction of sp³-hybridized carbons (Fsp3) is 0.692. The zero-order chi connectivity index (χ0) is 11.4. The fourth-order valence-electron chi connectivity index (χ4n) is 2.13. The van der Waals surface area contributed by atoms with Crippen molar-refractivity contribution in [2.24, 2.45) is 0 Å². The van der Waals surface area contributed by atoms with Crippen LogP contribution in [0.15, 0.2) is 12.1 Å². The van der Waals surface area contributed by atoms with E-state index < -0.39 is 0 Å². The summed E-state index contributed by atoms with van der Waals surface area (Å²) in [6.07, 6.45) is 3.89. The molecule has 1 N–H and O–H groups in total. The maximum Gasteiger partial charge on any atom is 0.0302 e. The van der Waals surface area contributed by atoms with Gasteiger partial charge in [0, 0.05) is 27.6 Å². The normalized spacial score (nSPS) is 25.9. The van der Waals surface area contributed by atoms with Crippen LogP contribution in [-0.4, -0.2) is 17.0 Å².